The number of hydrogen-bond donors (Lipinski definition) is 2. The maximum atomic E-state index is 12.0. The summed E-state index contributed by atoms with van der Waals surface area (Å²) in [5, 5.41) is 15.8. The van der Waals surface area contributed by atoms with Crippen LogP contribution in [0, 0.1) is 0 Å². The van der Waals surface area contributed by atoms with Gasteiger partial charge in [-0.1, -0.05) is 6.92 Å². The van der Waals surface area contributed by atoms with E-state index in [2.05, 4.69) is 10.4 Å². The van der Waals surface area contributed by atoms with Gasteiger partial charge in [-0.3, -0.25) is 9.48 Å². The summed E-state index contributed by atoms with van der Waals surface area (Å²) in [5.74, 6) is -1.48. The van der Waals surface area contributed by atoms with Crippen molar-refractivity contribution < 1.29 is 14.7 Å². The van der Waals surface area contributed by atoms with Gasteiger partial charge in [-0.2, -0.15) is 5.10 Å². The minimum atomic E-state index is -1.26. The molecule has 0 saturated heterocycles. The first-order valence-electron chi connectivity index (χ1n) is 6.21. The molecule has 19 heavy (non-hydrogen) atoms. The summed E-state index contributed by atoms with van der Waals surface area (Å²) in [7, 11) is 0. The molecule has 1 rings (SSSR count). The fraction of sp³-hybridized carbons (Fsp3) is 0.615. The van der Waals surface area contributed by atoms with E-state index in [1.807, 2.05) is 20.8 Å². The lowest BCUT2D eigenvalue weighted by Gasteiger charge is -2.24. The Morgan fingerprint density at radius 2 is 1.95 bits per heavy atom. The van der Waals surface area contributed by atoms with E-state index in [4.69, 9.17) is 5.11 Å². The highest BCUT2D eigenvalue weighted by atomic mass is 16.4. The Labute approximate surface area is 112 Å². The zero-order valence-corrected chi connectivity index (χ0v) is 12.0. The van der Waals surface area contributed by atoms with Crippen LogP contribution in [0.1, 0.15) is 51.4 Å². The van der Waals surface area contributed by atoms with Gasteiger partial charge in [0, 0.05) is 6.20 Å². The van der Waals surface area contributed by atoms with Crippen molar-refractivity contribution in [3.05, 3.63) is 18.0 Å². The molecule has 1 aromatic rings. The predicted octanol–water partition coefficient (Wildman–Crippen LogP) is 1.62. The van der Waals surface area contributed by atoms with Crippen molar-refractivity contribution in [2.75, 3.05) is 0 Å². The Morgan fingerprint density at radius 1 is 1.37 bits per heavy atom. The third-order valence-electron chi connectivity index (χ3n) is 3.10. The lowest BCUT2D eigenvalue weighted by Crippen LogP contribution is -2.51. The van der Waals surface area contributed by atoms with Gasteiger partial charge in [0.2, 0.25) is 0 Å². The van der Waals surface area contributed by atoms with Crippen molar-refractivity contribution in [2.24, 2.45) is 0 Å². The van der Waals surface area contributed by atoms with E-state index >= 15 is 0 Å². The van der Waals surface area contributed by atoms with Crippen LogP contribution in [0.25, 0.3) is 0 Å². The lowest BCUT2D eigenvalue weighted by molar-refractivity contribution is -0.143. The summed E-state index contributed by atoms with van der Waals surface area (Å²) in [5.41, 5.74) is -1.13. The highest BCUT2D eigenvalue weighted by Gasteiger charge is 2.33. The Bertz CT molecular complexity index is 488. The highest BCUT2D eigenvalue weighted by molar-refractivity contribution is 5.97. The number of amides is 1. The van der Waals surface area contributed by atoms with Gasteiger partial charge >= 0.3 is 5.97 Å². The molecule has 0 fully saturated rings. The molecule has 0 aromatic carbocycles. The number of aromatic nitrogens is 2. The second kappa shape index (κ2) is 5.03. The molecule has 1 atom stereocenters. The lowest BCUT2D eigenvalue weighted by atomic mass is 9.99. The maximum Gasteiger partial charge on any atom is 0.329 e. The van der Waals surface area contributed by atoms with Crippen molar-refractivity contribution in [3.63, 3.8) is 0 Å². The van der Waals surface area contributed by atoms with E-state index in [1.165, 1.54) is 13.1 Å². The first-order chi connectivity index (χ1) is 8.60. The van der Waals surface area contributed by atoms with Crippen LogP contribution in [-0.4, -0.2) is 32.3 Å². The molecule has 0 aliphatic rings. The van der Waals surface area contributed by atoms with E-state index in [-0.39, 0.29) is 5.54 Å². The van der Waals surface area contributed by atoms with Gasteiger partial charge in [0.25, 0.3) is 5.91 Å². The molecule has 1 amide bonds. The number of carbonyl (C=O) groups excluding carboxylic acids is 1. The molecule has 0 saturated carbocycles. The molecule has 0 aliphatic carbocycles. The van der Waals surface area contributed by atoms with E-state index in [0.717, 1.165) is 0 Å². The molecule has 2 N–H and O–H groups in total. The molecule has 6 heteroatoms. The predicted molar refractivity (Wildman–Crippen MR) is 71.0 cm³/mol. The van der Waals surface area contributed by atoms with Crippen molar-refractivity contribution in [1.82, 2.24) is 15.1 Å². The number of hydrogen-bond acceptors (Lipinski definition) is 3. The van der Waals surface area contributed by atoms with Gasteiger partial charge in [-0.05, 0) is 34.1 Å². The van der Waals surface area contributed by atoms with Crippen LogP contribution in [0.15, 0.2) is 12.4 Å². The summed E-state index contributed by atoms with van der Waals surface area (Å²) < 4.78 is 1.67. The fourth-order valence-corrected chi connectivity index (χ4v) is 1.42. The SMILES string of the molecule is CCC(C)(NC(=O)c1cnn(C(C)(C)C)c1)C(=O)O. The minimum Gasteiger partial charge on any atom is -0.480 e. The maximum absolute atomic E-state index is 12.0. The zero-order chi connectivity index (χ0) is 14.8. The molecular weight excluding hydrogens is 246 g/mol. The number of carboxylic acid groups (broad SMARTS) is 1. The Balaban J connectivity index is 2.90. The van der Waals surface area contributed by atoms with Crippen LogP contribution >= 0.6 is 0 Å². The number of nitrogens with one attached hydrogen (secondary N) is 1. The van der Waals surface area contributed by atoms with Crippen molar-refractivity contribution in [2.45, 2.75) is 52.1 Å². The molecule has 1 heterocycles. The van der Waals surface area contributed by atoms with Gasteiger partial charge in [0.1, 0.15) is 5.54 Å². The highest BCUT2D eigenvalue weighted by Crippen LogP contribution is 2.15. The first-order valence-corrected chi connectivity index (χ1v) is 6.21. The summed E-state index contributed by atoms with van der Waals surface area (Å²) >= 11 is 0. The van der Waals surface area contributed by atoms with Crippen molar-refractivity contribution in [1.29, 1.82) is 0 Å². The summed E-state index contributed by atoms with van der Waals surface area (Å²) in [6, 6.07) is 0. The normalized spacial score (nSPS) is 14.8. The van der Waals surface area contributed by atoms with Crippen molar-refractivity contribution in [3.8, 4) is 0 Å². The molecule has 1 unspecified atom stereocenters. The van der Waals surface area contributed by atoms with Crippen molar-refractivity contribution >= 4 is 11.9 Å². The molecular formula is C13H21N3O3. The Hall–Kier alpha value is -1.85. The summed E-state index contributed by atoms with van der Waals surface area (Å²) in [4.78, 5) is 23.2. The minimum absolute atomic E-state index is 0.223. The van der Waals surface area contributed by atoms with Gasteiger partial charge in [-0.15, -0.1) is 0 Å². The van der Waals surface area contributed by atoms with Gasteiger partial charge in [0.05, 0.1) is 17.3 Å². The average Bonchev–Trinajstić information content (AvgIpc) is 2.77. The fourth-order valence-electron chi connectivity index (χ4n) is 1.42. The Kier molecular flexibility index (Phi) is 4.03. The third kappa shape index (κ3) is 3.33. The molecule has 0 spiro atoms. The number of carboxylic acids is 1. The van der Waals surface area contributed by atoms with E-state index in [0.29, 0.717) is 12.0 Å². The summed E-state index contributed by atoms with van der Waals surface area (Å²) in [6.07, 6.45) is 3.37. The van der Waals surface area contributed by atoms with Gasteiger partial charge in [0.15, 0.2) is 0 Å². The molecule has 0 bridgehead atoms. The van der Waals surface area contributed by atoms with Crippen LogP contribution in [0.2, 0.25) is 0 Å². The quantitative estimate of drug-likeness (QED) is 0.868. The van der Waals surface area contributed by atoms with Crippen LogP contribution in [0.4, 0.5) is 0 Å². The molecule has 0 aliphatic heterocycles. The van der Waals surface area contributed by atoms with E-state index in [9.17, 15) is 9.59 Å². The van der Waals surface area contributed by atoms with Crippen LogP contribution in [0.3, 0.4) is 0 Å². The first kappa shape index (κ1) is 15.2. The topological polar surface area (TPSA) is 84.2 Å². The number of nitrogens with zero attached hydrogens (tertiary/aromatic N) is 2. The van der Waals surface area contributed by atoms with E-state index < -0.39 is 17.4 Å². The van der Waals surface area contributed by atoms with E-state index in [1.54, 1.807) is 17.8 Å². The second-order valence-corrected chi connectivity index (χ2v) is 5.79. The summed E-state index contributed by atoms with van der Waals surface area (Å²) in [6.45, 7) is 9.10. The second-order valence-electron chi connectivity index (χ2n) is 5.79. The number of aliphatic carboxylic acids is 1. The molecule has 1 aromatic heterocycles. The standard InChI is InChI=1S/C13H21N3O3/c1-6-13(5,11(18)19)15-10(17)9-7-14-16(8-9)12(2,3)4/h7-8H,6H2,1-5H3,(H,15,17)(H,18,19). The molecule has 0 radical (unpaired) electrons. The molecule has 106 valence electrons. The average molecular weight is 267 g/mol. The van der Waals surface area contributed by atoms with Crippen LogP contribution in [-0.2, 0) is 10.3 Å². The van der Waals surface area contributed by atoms with Crippen LogP contribution in [0.5, 0.6) is 0 Å². The largest absolute Gasteiger partial charge is 0.480 e. The van der Waals surface area contributed by atoms with Crippen LogP contribution < -0.4 is 5.32 Å². The number of carbonyl (C=O) groups is 2. The smallest absolute Gasteiger partial charge is 0.329 e. The molecule has 6 nitrogen and oxygen atoms in total. The zero-order valence-electron chi connectivity index (χ0n) is 12.0. The number of rotatable bonds is 4. The monoisotopic (exact) mass is 267 g/mol. The van der Waals surface area contributed by atoms with Gasteiger partial charge in [-0.25, -0.2) is 4.79 Å². The van der Waals surface area contributed by atoms with Gasteiger partial charge < -0.3 is 10.4 Å². The Morgan fingerprint density at radius 3 is 2.32 bits per heavy atom. The third-order valence-corrected chi connectivity index (χ3v) is 3.10.